The third kappa shape index (κ3) is 4.03. The molecule has 0 radical (unpaired) electrons. The number of hydrogen-bond donors (Lipinski definition) is 0. The van der Waals surface area contributed by atoms with Crippen LogP contribution in [0.15, 0.2) is 59.7 Å². The Kier molecular flexibility index (Phi) is 5.89. The van der Waals surface area contributed by atoms with E-state index >= 15 is 0 Å². The number of halogens is 2. The summed E-state index contributed by atoms with van der Waals surface area (Å²) in [6, 6.07) is 14.8. The van der Waals surface area contributed by atoms with Crippen LogP contribution in [0.1, 0.15) is 0 Å². The van der Waals surface area contributed by atoms with Gasteiger partial charge in [0.2, 0.25) is 0 Å². The molecule has 2 heterocycles. The molecule has 5 nitrogen and oxygen atoms in total. The molecule has 4 rings (SSSR count). The highest BCUT2D eigenvalue weighted by Crippen LogP contribution is 2.32. The molecule has 148 valence electrons. The van der Waals surface area contributed by atoms with Gasteiger partial charge in [-0.1, -0.05) is 39.7 Å². The summed E-state index contributed by atoms with van der Waals surface area (Å²) in [5.41, 5.74) is 2.20. The molecular formula is C21H16BrClN2O3S. The SMILES string of the molecule is COc1cc(-n2cnc3cc(-c4ccc(Cl)cc4)sc3c2=O)ccc1OCCBr. The quantitative estimate of drug-likeness (QED) is 0.332. The van der Waals surface area contributed by atoms with Gasteiger partial charge >= 0.3 is 0 Å². The van der Waals surface area contributed by atoms with E-state index < -0.39 is 0 Å². The Morgan fingerprint density at radius 1 is 1.14 bits per heavy atom. The van der Waals surface area contributed by atoms with E-state index in [1.165, 1.54) is 22.2 Å². The molecule has 0 N–H and O–H groups in total. The van der Waals surface area contributed by atoms with Crippen molar-refractivity contribution in [1.29, 1.82) is 0 Å². The number of benzene rings is 2. The number of nitrogens with zero attached hydrogens (tertiary/aromatic N) is 2. The van der Waals surface area contributed by atoms with Crippen molar-refractivity contribution >= 4 is 49.1 Å². The first-order chi connectivity index (χ1) is 14.1. The standard InChI is InChI=1S/C21H16BrClN2O3S/c1-27-18-10-15(6-7-17(18)28-9-8-22)25-12-24-16-11-19(29-20(16)21(25)26)13-2-4-14(23)5-3-13/h2-7,10-12H,8-9H2,1H3. The van der Waals surface area contributed by atoms with Crippen molar-refractivity contribution in [3.8, 4) is 27.6 Å². The summed E-state index contributed by atoms with van der Waals surface area (Å²) in [6.07, 6.45) is 1.54. The number of ether oxygens (including phenoxy) is 2. The second kappa shape index (κ2) is 8.57. The van der Waals surface area contributed by atoms with Crippen LogP contribution in [-0.2, 0) is 0 Å². The zero-order valence-corrected chi connectivity index (χ0v) is 18.6. The molecule has 0 amide bonds. The van der Waals surface area contributed by atoms with Gasteiger partial charge in [-0.25, -0.2) is 4.98 Å². The van der Waals surface area contributed by atoms with Gasteiger partial charge in [-0.05, 0) is 35.9 Å². The molecule has 0 fully saturated rings. The van der Waals surface area contributed by atoms with E-state index in [1.54, 1.807) is 19.2 Å². The average molecular weight is 492 g/mol. The van der Waals surface area contributed by atoms with Gasteiger partial charge in [0.05, 0.1) is 24.9 Å². The lowest BCUT2D eigenvalue weighted by Gasteiger charge is -2.12. The smallest absolute Gasteiger partial charge is 0.275 e. The Morgan fingerprint density at radius 2 is 1.93 bits per heavy atom. The van der Waals surface area contributed by atoms with Crippen molar-refractivity contribution in [3.63, 3.8) is 0 Å². The van der Waals surface area contributed by atoms with Crippen LogP contribution < -0.4 is 15.0 Å². The Balaban J connectivity index is 1.76. The van der Waals surface area contributed by atoms with Crippen molar-refractivity contribution in [1.82, 2.24) is 9.55 Å². The highest BCUT2D eigenvalue weighted by Gasteiger charge is 2.13. The summed E-state index contributed by atoms with van der Waals surface area (Å²) in [7, 11) is 1.57. The van der Waals surface area contributed by atoms with Gasteiger partial charge in [-0.15, -0.1) is 11.3 Å². The molecule has 0 spiro atoms. The van der Waals surface area contributed by atoms with Gasteiger partial charge in [0.1, 0.15) is 11.0 Å². The van der Waals surface area contributed by atoms with Crippen LogP contribution in [0.2, 0.25) is 5.02 Å². The lowest BCUT2D eigenvalue weighted by molar-refractivity contribution is 0.314. The molecule has 0 bridgehead atoms. The Hall–Kier alpha value is -2.35. The summed E-state index contributed by atoms with van der Waals surface area (Å²) >= 11 is 10.7. The molecule has 0 atom stereocenters. The van der Waals surface area contributed by atoms with E-state index in [9.17, 15) is 4.79 Å². The first-order valence-corrected chi connectivity index (χ1v) is 11.1. The van der Waals surface area contributed by atoms with Crippen LogP contribution in [0.25, 0.3) is 26.3 Å². The van der Waals surface area contributed by atoms with Crippen molar-refractivity contribution in [2.45, 2.75) is 0 Å². The summed E-state index contributed by atoms with van der Waals surface area (Å²) in [4.78, 5) is 18.6. The molecule has 0 aliphatic carbocycles. The van der Waals surface area contributed by atoms with E-state index in [2.05, 4.69) is 20.9 Å². The molecule has 29 heavy (non-hydrogen) atoms. The fourth-order valence-corrected chi connectivity index (χ4v) is 4.26. The fourth-order valence-electron chi connectivity index (χ4n) is 2.93. The number of rotatable bonds is 6. The first-order valence-electron chi connectivity index (χ1n) is 8.75. The van der Waals surface area contributed by atoms with Gasteiger partial charge in [-0.2, -0.15) is 0 Å². The van der Waals surface area contributed by atoms with Crippen molar-refractivity contribution in [2.75, 3.05) is 19.0 Å². The van der Waals surface area contributed by atoms with Crippen molar-refractivity contribution < 1.29 is 9.47 Å². The number of thiophene rings is 1. The minimum Gasteiger partial charge on any atom is -0.493 e. The van der Waals surface area contributed by atoms with Gasteiger partial charge in [0.15, 0.2) is 11.5 Å². The Bertz CT molecular complexity index is 1220. The molecule has 0 saturated carbocycles. The molecule has 0 aliphatic heterocycles. The van der Waals surface area contributed by atoms with E-state index in [-0.39, 0.29) is 5.56 Å². The van der Waals surface area contributed by atoms with E-state index in [0.717, 1.165) is 10.4 Å². The Morgan fingerprint density at radius 3 is 2.66 bits per heavy atom. The highest BCUT2D eigenvalue weighted by atomic mass is 79.9. The molecule has 2 aromatic heterocycles. The normalized spacial score (nSPS) is 11.0. The molecular weight excluding hydrogens is 476 g/mol. The van der Waals surface area contributed by atoms with E-state index in [1.807, 2.05) is 36.4 Å². The zero-order chi connectivity index (χ0) is 20.4. The van der Waals surface area contributed by atoms with Crippen LogP contribution in [0.5, 0.6) is 11.5 Å². The third-order valence-electron chi connectivity index (χ3n) is 4.33. The highest BCUT2D eigenvalue weighted by molar-refractivity contribution is 9.09. The maximum Gasteiger partial charge on any atom is 0.275 e. The lowest BCUT2D eigenvalue weighted by Crippen LogP contribution is -2.17. The topological polar surface area (TPSA) is 53.4 Å². The molecule has 0 aliphatic rings. The first kappa shape index (κ1) is 19.9. The summed E-state index contributed by atoms with van der Waals surface area (Å²) < 4.78 is 13.2. The maximum absolute atomic E-state index is 13.1. The zero-order valence-electron chi connectivity index (χ0n) is 15.4. The average Bonchev–Trinajstić information content (AvgIpc) is 3.18. The van der Waals surface area contributed by atoms with Gasteiger partial charge in [0, 0.05) is 21.3 Å². The fraction of sp³-hybridized carbons (Fsp3) is 0.143. The number of hydrogen-bond acceptors (Lipinski definition) is 5. The predicted molar refractivity (Wildman–Crippen MR) is 122 cm³/mol. The van der Waals surface area contributed by atoms with Gasteiger partial charge in [-0.3, -0.25) is 9.36 Å². The van der Waals surface area contributed by atoms with Gasteiger partial charge < -0.3 is 9.47 Å². The van der Waals surface area contributed by atoms with Crippen LogP contribution in [0.4, 0.5) is 0 Å². The van der Waals surface area contributed by atoms with Gasteiger partial charge in [0.25, 0.3) is 5.56 Å². The number of alkyl halides is 1. The Labute approximate surface area is 184 Å². The van der Waals surface area contributed by atoms with Crippen LogP contribution >= 0.6 is 38.9 Å². The monoisotopic (exact) mass is 490 g/mol. The van der Waals surface area contributed by atoms with Crippen LogP contribution in [0, 0.1) is 0 Å². The number of methoxy groups -OCH3 is 1. The van der Waals surface area contributed by atoms with Crippen LogP contribution in [-0.4, -0.2) is 28.6 Å². The molecule has 0 unspecified atom stereocenters. The largest absolute Gasteiger partial charge is 0.493 e. The van der Waals surface area contributed by atoms with E-state index in [0.29, 0.717) is 44.4 Å². The van der Waals surface area contributed by atoms with E-state index in [4.69, 9.17) is 21.1 Å². The van der Waals surface area contributed by atoms with Crippen molar-refractivity contribution in [2.24, 2.45) is 0 Å². The maximum atomic E-state index is 13.1. The minimum atomic E-state index is -0.128. The van der Waals surface area contributed by atoms with Crippen molar-refractivity contribution in [3.05, 3.63) is 70.2 Å². The number of fused-ring (bicyclic) bond motifs is 1. The van der Waals surface area contributed by atoms with Crippen LogP contribution in [0.3, 0.4) is 0 Å². The summed E-state index contributed by atoms with van der Waals surface area (Å²) in [6.45, 7) is 0.520. The predicted octanol–water partition coefficient (Wildman–Crippen LogP) is 5.55. The number of aromatic nitrogens is 2. The molecule has 8 heteroatoms. The minimum absolute atomic E-state index is 0.128. The summed E-state index contributed by atoms with van der Waals surface area (Å²) in [5, 5.41) is 1.39. The second-order valence-corrected chi connectivity index (χ2v) is 8.41. The summed E-state index contributed by atoms with van der Waals surface area (Å²) in [5.74, 6) is 1.18. The lowest BCUT2D eigenvalue weighted by atomic mass is 10.2. The molecule has 4 aromatic rings. The second-order valence-electron chi connectivity index (χ2n) is 6.12. The third-order valence-corrected chi connectivity index (χ3v) is 6.06. The molecule has 2 aromatic carbocycles. The molecule has 0 saturated heterocycles.